The number of hydrogen-bond acceptors (Lipinski definition) is 11. The molecule has 3 unspecified atom stereocenters. The van der Waals surface area contributed by atoms with Gasteiger partial charge in [0.1, 0.15) is 48.3 Å². The van der Waals surface area contributed by atoms with Crippen molar-refractivity contribution >= 4 is 0 Å². The summed E-state index contributed by atoms with van der Waals surface area (Å²) in [5.41, 5.74) is -3.36. The maximum absolute atomic E-state index is 10.5. The van der Waals surface area contributed by atoms with Crippen LogP contribution in [0.25, 0.3) is 0 Å². The van der Waals surface area contributed by atoms with Crippen LogP contribution in [0.2, 0.25) is 0 Å². The fourth-order valence-electron chi connectivity index (χ4n) is 3.03. The predicted octanol–water partition coefficient (Wildman–Crippen LogP) is -3.65. The van der Waals surface area contributed by atoms with Crippen LogP contribution in [0.1, 0.15) is 20.3 Å². The summed E-state index contributed by atoms with van der Waals surface area (Å²) in [6.07, 6.45) is -13.0. The molecule has 2 fully saturated rings. The fourth-order valence-corrected chi connectivity index (χ4v) is 3.03. The van der Waals surface area contributed by atoms with E-state index in [1.165, 1.54) is 6.92 Å². The largest absolute Gasteiger partial charge is 0.393 e. The van der Waals surface area contributed by atoms with Gasteiger partial charge in [-0.2, -0.15) is 5.26 Å². The average molecular weight is 393 g/mol. The van der Waals surface area contributed by atoms with Crippen LogP contribution in [0.4, 0.5) is 0 Å². The second-order valence-electron chi connectivity index (χ2n) is 7.23. The molecule has 2 heterocycles. The van der Waals surface area contributed by atoms with E-state index in [0.29, 0.717) is 0 Å². The Kier molecular flexibility index (Phi) is 6.81. The third-order valence-corrected chi connectivity index (χ3v) is 5.23. The molecular formula is C16H27NO10. The molecule has 0 aliphatic carbocycles. The van der Waals surface area contributed by atoms with Crippen molar-refractivity contribution in [2.24, 2.45) is 0 Å². The standard InChI is InChI=1S/C16H27NO10/c1-3-15(2,4-17)27-14-9(21)7(19)8(20)11(26-14)10(22)12-13(23)16(24,5-18)6-25-12/h7-14,18-24H,3,5-6H2,1-2H3/t7-,8-,9+,10?,11-,12-,13-,14-,15?,16?/m0/s1. The Morgan fingerprint density at radius 2 is 1.85 bits per heavy atom. The van der Waals surface area contributed by atoms with Gasteiger partial charge in [0, 0.05) is 0 Å². The molecule has 2 aliphatic rings. The van der Waals surface area contributed by atoms with E-state index in [1.807, 2.05) is 6.07 Å². The molecule has 0 amide bonds. The molecule has 0 saturated carbocycles. The number of rotatable bonds is 6. The lowest BCUT2D eigenvalue weighted by Crippen LogP contribution is -2.64. The molecule has 2 aliphatic heterocycles. The van der Waals surface area contributed by atoms with Crippen molar-refractivity contribution in [1.29, 1.82) is 5.26 Å². The van der Waals surface area contributed by atoms with E-state index in [0.717, 1.165) is 0 Å². The molecule has 11 heteroatoms. The minimum absolute atomic E-state index is 0.232. The van der Waals surface area contributed by atoms with Gasteiger partial charge in [0.05, 0.1) is 19.3 Å². The van der Waals surface area contributed by atoms with Gasteiger partial charge < -0.3 is 50.0 Å². The van der Waals surface area contributed by atoms with Gasteiger partial charge in [0.25, 0.3) is 0 Å². The van der Waals surface area contributed by atoms with Crippen LogP contribution in [0, 0.1) is 11.3 Å². The lowest BCUT2D eigenvalue weighted by Gasteiger charge is -2.44. The molecular weight excluding hydrogens is 366 g/mol. The zero-order valence-electron chi connectivity index (χ0n) is 15.0. The van der Waals surface area contributed by atoms with Crippen LogP contribution in [0.5, 0.6) is 0 Å². The molecule has 2 rings (SSSR count). The van der Waals surface area contributed by atoms with Crippen molar-refractivity contribution in [3.05, 3.63) is 0 Å². The molecule has 0 radical (unpaired) electrons. The molecule has 0 bridgehead atoms. The van der Waals surface area contributed by atoms with Gasteiger partial charge in [-0.05, 0) is 13.3 Å². The summed E-state index contributed by atoms with van der Waals surface area (Å²) < 4.78 is 16.0. The van der Waals surface area contributed by atoms with Gasteiger partial charge in [-0.25, -0.2) is 0 Å². The quantitative estimate of drug-likeness (QED) is 0.235. The molecule has 0 aromatic carbocycles. The van der Waals surface area contributed by atoms with Crippen LogP contribution in [-0.4, -0.2) is 109 Å². The average Bonchev–Trinajstić information content (AvgIpc) is 2.97. The number of aliphatic hydroxyl groups excluding tert-OH is 6. The third kappa shape index (κ3) is 4.10. The van der Waals surface area contributed by atoms with E-state index in [1.54, 1.807) is 6.92 Å². The van der Waals surface area contributed by atoms with E-state index in [-0.39, 0.29) is 6.42 Å². The Morgan fingerprint density at radius 3 is 2.33 bits per heavy atom. The minimum atomic E-state index is -2.00. The molecule has 7 N–H and O–H groups in total. The molecule has 27 heavy (non-hydrogen) atoms. The molecule has 11 nitrogen and oxygen atoms in total. The highest BCUT2D eigenvalue weighted by Gasteiger charge is 2.56. The molecule has 0 aromatic heterocycles. The van der Waals surface area contributed by atoms with E-state index in [4.69, 9.17) is 14.2 Å². The Hall–Kier alpha value is -0.910. The van der Waals surface area contributed by atoms with Crippen LogP contribution in [-0.2, 0) is 14.2 Å². The number of nitriles is 1. The third-order valence-electron chi connectivity index (χ3n) is 5.23. The Morgan fingerprint density at radius 1 is 1.22 bits per heavy atom. The first-order valence-corrected chi connectivity index (χ1v) is 8.63. The lowest BCUT2D eigenvalue weighted by atomic mass is 9.88. The number of ether oxygens (including phenoxy) is 3. The van der Waals surface area contributed by atoms with E-state index in [9.17, 15) is 41.0 Å². The number of nitrogens with zero attached hydrogens (tertiary/aromatic N) is 1. The van der Waals surface area contributed by atoms with Crippen LogP contribution in [0.3, 0.4) is 0 Å². The summed E-state index contributed by atoms with van der Waals surface area (Å²) in [6, 6.07) is 1.90. The van der Waals surface area contributed by atoms with Crippen molar-refractivity contribution < 1.29 is 50.0 Å². The lowest BCUT2D eigenvalue weighted by molar-refractivity contribution is -0.331. The molecule has 0 aromatic rings. The van der Waals surface area contributed by atoms with Gasteiger partial charge in [0.15, 0.2) is 11.9 Å². The van der Waals surface area contributed by atoms with E-state index in [2.05, 4.69) is 0 Å². The van der Waals surface area contributed by atoms with Crippen molar-refractivity contribution in [2.45, 2.75) is 80.5 Å². The summed E-state index contributed by atoms with van der Waals surface area (Å²) in [6.45, 7) is 1.81. The van der Waals surface area contributed by atoms with Crippen LogP contribution in [0.15, 0.2) is 0 Å². The van der Waals surface area contributed by atoms with Crippen molar-refractivity contribution in [1.82, 2.24) is 0 Å². The summed E-state index contributed by atoms with van der Waals surface area (Å²) in [7, 11) is 0. The summed E-state index contributed by atoms with van der Waals surface area (Å²) >= 11 is 0. The highest BCUT2D eigenvalue weighted by atomic mass is 16.7. The second-order valence-corrected chi connectivity index (χ2v) is 7.23. The summed E-state index contributed by atoms with van der Waals surface area (Å²) in [4.78, 5) is 0. The van der Waals surface area contributed by atoms with E-state index < -0.39 is 73.4 Å². The first-order chi connectivity index (χ1) is 12.5. The van der Waals surface area contributed by atoms with Crippen LogP contribution >= 0.6 is 0 Å². The van der Waals surface area contributed by atoms with Crippen LogP contribution < -0.4 is 0 Å². The highest BCUT2D eigenvalue weighted by molar-refractivity contribution is 5.04. The zero-order valence-corrected chi connectivity index (χ0v) is 15.0. The molecule has 10 atom stereocenters. The maximum Gasteiger partial charge on any atom is 0.188 e. The van der Waals surface area contributed by atoms with Gasteiger partial charge in [0.2, 0.25) is 0 Å². The first kappa shape index (κ1) is 22.4. The molecule has 156 valence electrons. The normalized spacial score (nSPS) is 45.9. The smallest absolute Gasteiger partial charge is 0.188 e. The summed E-state index contributed by atoms with van der Waals surface area (Å²) in [5.74, 6) is 0. The van der Waals surface area contributed by atoms with Gasteiger partial charge in [-0.1, -0.05) is 6.92 Å². The van der Waals surface area contributed by atoms with Crippen molar-refractivity contribution in [3.8, 4) is 6.07 Å². The van der Waals surface area contributed by atoms with Gasteiger partial charge >= 0.3 is 0 Å². The Bertz CT molecular complexity index is 558. The molecule has 0 spiro atoms. The van der Waals surface area contributed by atoms with Gasteiger partial charge in [-0.15, -0.1) is 0 Å². The van der Waals surface area contributed by atoms with Crippen molar-refractivity contribution in [2.75, 3.05) is 13.2 Å². The minimum Gasteiger partial charge on any atom is -0.393 e. The fraction of sp³-hybridized carbons (Fsp3) is 0.938. The monoisotopic (exact) mass is 393 g/mol. The van der Waals surface area contributed by atoms with Gasteiger partial charge in [-0.3, -0.25) is 0 Å². The second kappa shape index (κ2) is 8.22. The number of hydrogen-bond donors (Lipinski definition) is 7. The topological polar surface area (TPSA) is 193 Å². The predicted molar refractivity (Wildman–Crippen MR) is 85.9 cm³/mol. The van der Waals surface area contributed by atoms with E-state index >= 15 is 0 Å². The Labute approximate surface area is 155 Å². The van der Waals surface area contributed by atoms with Crippen molar-refractivity contribution in [3.63, 3.8) is 0 Å². The summed E-state index contributed by atoms with van der Waals surface area (Å²) in [5, 5.41) is 79.4. The molecule has 2 saturated heterocycles. The number of aliphatic hydroxyl groups is 7. The highest BCUT2D eigenvalue weighted by Crippen LogP contribution is 2.33. The Balaban J connectivity index is 2.19. The zero-order chi connectivity index (χ0) is 20.6. The first-order valence-electron chi connectivity index (χ1n) is 8.63. The maximum atomic E-state index is 10.5. The SMILES string of the molecule is CCC(C)(C#N)O[C@@H]1O[C@H](C(O)[C@@H]2OCC(O)(CO)[C@H]2O)[C@@H](O)[C@H](O)[C@H]1O.